The van der Waals surface area contributed by atoms with E-state index >= 15 is 0 Å². The molecule has 6 heteroatoms. The topological polar surface area (TPSA) is 84.3 Å². The molecule has 0 fully saturated rings. The van der Waals surface area contributed by atoms with Gasteiger partial charge in [0.25, 0.3) is 0 Å². The Morgan fingerprint density at radius 1 is 1.25 bits per heavy atom. The Morgan fingerprint density at radius 2 is 2.00 bits per heavy atom. The third-order valence-corrected chi connectivity index (χ3v) is 4.51. The van der Waals surface area contributed by atoms with Crippen LogP contribution in [-0.2, 0) is 15.6 Å². The van der Waals surface area contributed by atoms with Crippen LogP contribution >= 0.6 is 0 Å². The molecule has 5 nitrogen and oxygen atoms in total. The number of aromatic carboxylic acids is 1. The number of pyridine rings is 1. The molecule has 2 aromatic rings. The van der Waals surface area contributed by atoms with Crippen molar-refractivity contribution in [3.63, 3.8) is 0 Å². The molecule has 1 N–H and O–H groups in total. The molecular weight excluding hydrogens is 278 g/mol. The Kier molecular flexibility index (Phi) is 3.85. The van der Waals surface area contributed by atoms with Gasteiger partial charge in [0, 0.05) is 6.20 Å². The van der Waals surface area contributed by atoms with Crippen molar-refractivity contribution < 1.29 is 18.3 Å². The van der Waals surface area contributed by atoms with Gasteiger partial charge in [-0.1, -0.05) is 12.1 Å². The number of rotatable bonds is 4. The molecule has 2 rings (SSSR count). The fraction of sp³-hybridized carbons (Fsp3) is 0.143. The van der Waals surface area contributed by atoms with E-state index in [1.165, 1.54) is 24.4 Å². The summed E-state index contributed by atoms with van der Waals surface area (Å²) in [6.45, 7) is 1.62. The van der Waals surface area contributed by atoms with E-state index in [9.17, 15) is 13.2 Å². The lowest BCUT2D eigenvalue weighted by Crippen LogP contribution is -2.08. The predicted octanol–water partition coefficient (Wildman–Crippen LogP) is 2.06. The molecule has 0 saturated heterocycles. The Morgan fingerprint density at radius 3 is 2.60 bits per heavy atom. The first kappa shape index (κ1) is 14.2. The van der Waals surface area contributed by atoms with Gasteiger partial charge in [0.15, 0.2) is 9.84 Å². The van der Waals surface area contributed by atoms with Gasteiger partial charge < -0.3 is 5.11 Å². The van der Waals surface area contributed by atoms with Crippen molar-refractivity contribution in [1.82, 2.24) is 4.98 Å². The number of benzene rings is 1. The molecule has 0 radical (unpaired) electrons. The Balaban J connectivity index is 2.40. The van der Waals surface area contributed by atoms with Gasteiger partial charge in [-0.3, -0.25) is 4.98 Å². The van der Waals surface area contributed by atoms with Crippen molar-refractivity contribution in [2.24, 2.45) is 0 Å². The molecule has 0 amide bonds. The Bertz CT molecular complexity index is 739. The van der Waals surface area contributed by atoms with Crippen molar-refractivity contribution in [3.05, 3.63) is 59.4 Å². The van der Waals surface area contributed by atoms with Gasteiger partial charge in [-0.2, -0.15) is 0 Å². The number of carbonyl (C=O) groups is 1. The van der Waals surface area contributed by atoms with Crippen molar-refractivity contribution >= 4 is 15.8 Å². The summed E-state index contributed by atoms with van der Waals surface area (Å²) in [5.74, 6) is -1.40. The second-order valence-electron chi connectivity index (χ2n) is 4.36. The molecule has 0 aliphatic carbocycles. The highest BCUT2D eigenvalue weighted by Gasteiger charge is 2.19. The summed E-state index contributed by atoms with van der Waals surface area (Å²) in [7, 11) is -3.61. The number of carboxylic acids is 1. The molecule has 0 saturated carbocycles. The van der Waals surface area contributed by atoms with Gasteiger partial charge in [0.1, 0.15) is 0 Å². The highest BCUT2D eigenvalue weighted by atomic mass is 32.2. The summed E-state index contributed by atoms with van der Waals surface area (Å²) in [6.07, 6.45) is 1.52. The highest BCUT2D eigenvalue weighted by Crippen LogP contribution is 2.19. The van der Waals surface area contributed by atoms with Crippen LogP contribution in [0, 0.1) is 6.92 Å². The second kappa shape index (κ2) is 5.42. The van der Waals surface area contributed by atoms with Crippen molar-refractivity contribution in [1.29, 1.82) is 0 Å². The third-order valence-electron chi connectivity index (χ3n) is 2.86. The van der Waals surface area contributed by atoms with E-state index in [4.69, 9.17) is 5.11 Å². The molecule has 0 atom stereocenters. The number of hydrogen-bond donors (Lipinski definition) is 1. The van der Waals surface area contributed by atoms with Gasteiger partial charge >= 0.3 is 5.97 Å². The van der Waals surface area contributed by atoms with Gasteiger partial charge in [0.2, 0.25) is 0 Å². The zero-order valence-corrected chi connectivity index (χ0v) is 11.6. The van der Waals surface area contributed by atoms with Crippen LogP contribution in [0.2, 0.25) is 0 Å². The Hall–Kier alpha value is -2.21. The first-order valence-corrected chi connectivity index (χ1v) is 7.52. The summed E-state index contributed by atoms with van der Waals surface area (Å²) >= 11 is 0. The summed E-state index contributed by atoms with van der Waals surface area (Å²) < 4.78 is 24.5. The lowest BCUT2D eigenvalue weighted by Gasteiger charge is -2.07. The largest absolute Gasteiger partial charge is 0.478 e. The third kappa shape index (κ3) is 3.03. The van der Waals surface area contributed by atoms with E-state index in [2.05, 4.69) is 4.98 Å². The van der Waals surface area contributed by atoms with Crippen molar-refractivity contribution in [3.8, 4) is 0 Å². The molecule has 0 bridgehead atoms. The molecule has 1 aromatic carbocycles. The first-order chi connectivity index (χ1) is 9.40. The number of hydrogen-bond acceptors (Lipinski definition) is 4. The van der Waals surface area contributed by atoms with Crippen molar-refractivity contribution in [2.45, 2.75) is 17.6 Å². The van der Waals surface area contributed by atoms with Gasteiger partial charge in [-0.15, -0.1) is 0 Å². The van der Waals surface area contributed by atoms with Crippen LogP contribution in [-0.4, -0.2) is 24.5 Å². The first-order valence-electron chi connectivity index (χ1n) is 5.87. The predicted molar refractivity (Wildman–Crippen MR) is 73.3 cm³/mol. The van der Waals surface area contributed by atoms with Crippen LogP contribution < -0.4 is 0 Å². The maximum absolute atomic E-state index is 12.3. The monoisotopic (exact) mass is 291 g/mol. The molecule has 1 heterocycles. The zero-order valence-electron chi connectivity index (χ0n) is 10.8. The molecule has 0 aliphatic heterocycles. The van der Waals surface area contributed by atoms with Crippen LogP contribution in [0.5, 0.6) is 0 Å². The van der Waals surface area contributed by atoms with Gasteiger partial charge in [-0.25, -0.2) is 13.2 Å². The normalized spacial score (nSPS) is 11.2. The molecule has 1 aromatic heterocycles. The minimum Gasteiger partial charge on any atom is -0.478 e. The van der Waals surface area contributed by atoms with E-state index in [1.807, 2.05) is 0 Å². The maximum Gasteiger partial charge on any atom is 0.335 e. The van der Waals surface area contributed by atoms with Gasteiger partial charge in [-0.05, 0) is 36.8 Å². The molecule has 0 aliphatic rings. The number of nitrogens with zero attached hydrogens (tertiary/aromatic N) is 1. The van der Waals surface area contributed by atoms with E-state index < -0.39 is 15.8 Å². The average molecular weight is 291 g/mol. The fourth-order valence-corrected chi connectivity index (χ4v) is 3.09. The quantitative estimate of drug-likeness (QED) is 0.932. The summed E-state index contributed by atoms with van der Waals surface area (Å²) in [6, 6.07) is 9.12. The zero-order chi connectivity index (χ0) is 14.8. The highest BCUT2D eigenvalue weighted by molar-refractivity contribution is 7.90. The number of aromatic nitrogens is 1. The number of aryl methyl sites for hydroxylation is 1. The summed E-state index contributed by atoms with van der Waals surface area (Å²) in [5.41, 5.74) is 0.936. The molecule has 104 valence electrons. The van der Waals surface area contributed by atoms with Crippen LogP contribution in [0.1, 0.15) is 21.6 Å². The SMILES string of the molecule is Cc1ccc(S(=O)(=O)Cc2ccccn2)cc1C(=O)O. The minimum atomic E-state index is -3.61. The molecule has 0 unspecified atom stereocenters. The van der Waals surface area contributed by atoms with Crippen LogP contribution in [0.4, 0.5) is 0 Å². The van der Waals surface area contributed by atoms with Crippen LogP contribution in [0.3, 0.4) is 0 Å². The summed E-state index contributed by atoms with van der Waals surface area (Å²) in [4.78, 5) is 15.0. The molecule has 20 heavy (non-hydrogen) atoms. The van der Waals surface area contributed by atoms with Crippen molar-refractivity contribution in [2.75, 3.05) is 0 Å². The van der Waals surface area contributed by atoms with E-state index in [0.29, 0.717) is 11.3 Å². The van der Waals surface area contributed by atoms with Crippen LogP contribution in [0.25, 0.3) is 0 Å². The summed E-state index contributed by atoms with van der Waals surface area (Å²) in [5, 5.41) is 9.04. The lowest BCUT2D eigenvalue weighted by molar-refractivity contribution is 0.0696. The van der Waals surface area contributed by atoms with E-state index in [-0.39, 0.29) is 16.2 Å². The fourth-order valence-electron chi connectivity index (χ4n) is 1.79. The Labute approximate surface area is 116 Å². The van der Waals surface area contributed by atoms with E-state index in [1.54, 1.807) is 25.1 Å². The number of sulfone groups is 1. The average Bonchev–Trinajstić information content (AvgIpc) is 2.39. The standard InChI is InChI=1S/C14H13NO4S/c1-10-5-6-12(8-13(10)14(16)17)20(18,19)9-11-4-2-3-7-15-11/h2-8H,9H2,1H3,(H,16,17). The minimum absolute atomic E-state index is 0.00732. The second-order valence-corrected chi connectivity index (χ2v) is 6.35. The number of carboxylic acid groups (broad SMARTS) is 1. The van der Waals surface area contributed by atoms with E-state index in [0.717, 1.165) is 0 Å². The molecular formula is C14H13NO4S. The van der Waals surface area contributed by atoms with Crippen LogP contribution in [0.15, 0.2) is 47.5 Å². The van der Waals surface area contributed by atoms with Gasteiger partial charge in [0.05, 0.1) is 21.9 Å². The maximum atomic E-state index is 12.3. The smallest absolute Gasteiger partial charge is 0.335 e. The lowest BCUT2D eigenvalue weighted by atomic mass is 10.1. The molecule has 0 spiro atoms.